The summed E-state index contributed by atoms with van der Waals surface area (Å²) < 4.78 is 68.8. The van der Waals surface area contributed by atoms with Crippen molar-refractivity contribution in [2.75, 3.05) is 39.6 Å². The molecule has 0 heterocycles. The van der Waals surface area contributed by atoms with Crippen LogP contribution in [0.4, 0.5) is 0 Å². The molecule has 0 aromatic carbocycles. The van der Waals surface area contributed by atoms with Gasteiger partial charge in [-0.05, 0) is 37.5 Å². The molecule has 5 atom stereocenters. The number of aliphatic hydroxyl groups is 1. The van der Waals surface area contributed by atoms with E-state index in [0.29, 0.717) is 25.7 Å². The van der Waals surface area contributed by atoms with Crippen molar-refractivity contribution < 1.29 is 80.2 Å². The first kappa shape index (κ1) is 103. The second kappa shape index (κ2) is 77.4. The molecule has 0 fully saturated rings. The molecule has 0 bridgehead atoms. The number of carbonyl (C=O) groups excluding carboxylic acids is 4. The lowest BCUT2D eigenvalue weighted by Gasteiger charge is -2.21. The van der Waals surface area contributed by atoms with Gasteiger partial charge >= 0.3 is 39.5 Å². The molecule has 17 nitrogen and oxygen atoms in total. The third kappa shape index (κ3) is 79.9. The van der Waals surface area contributed by atoms with Crippen LogP contribution in [-0.2, 0) is 65.4 Å². The predicted molar refractivity (Wildman–Crippen MR) is 432 cm³/mol. The number of carbonyl (C=O) groups is 4. The van der Waals surface area contributed by atoms with Gasteiger partial charge in [0, 0.05) is 25.7 Å². The SMILES string of the molecule is CCCCCCCCCCCCCCCCCCCCCCCCC(=O)O[C@H](COC(=O)CCCCCCCCCCCCCCCCCCCCC(C)C)COP(=O)(O)OC[C@@H](O)COP(=O)(O)OC[C@@H](COC(=O)CCCCCCCCCCCC)OC(=O)CCCCCCCCCCCC(C)C. The van der Waals surface area contributed by atoms with E-state index in [4.69, 9.17) is 37.0 Å². The Kier molecular flexibility index (Phi) is 76.0. The zero-order valence-electron chi connectivity index (χ0n) is 69.0. The first-order chi connectivity index (χ1) is 50.9. The fourth-order valence-corrected chi connectivity index (χ4v) is 15.0. The highest BCUT2D eigenvalue weighted by molar-refractivity contribution is 7.47. The van der Waals surface area contributed by atoms with Crippen molar-refractivity contribution in [3.8, 4) is 0 Å². The van der Waals surface area contributed by atoms with Gasteiger partial charge < -0.3 is 33.8 Å². The largest absolute Gasteiger partial charge is 0.472 e. The van der Waals surface area contributed by atoms with Gasteiger partial charge in [0.15, 0.2) is 12.2 Å². The molecular weight excluding hydrogens is 1370 g/mol. The molecule has 0 saturated heterocycles. The van der Waals surface area contributed by atoms with Crippen molar-refractivity contribution in [3.63, 3.8) is 0 Å². The van der Waals surface area contributed by atoms with Crippen LogP contribution in [0.25, 0.3) is 0 Å². The van der Waals surface area contributed by atoms with E-state index in [0.717, 1.165) is 102 Å². The van der Waals surface area contributed by atoms with Gasteiger partial charge in [-0.1, -0.05) is 408 Å². The Morgan fingerprint density at radius 1 is 0.257 bits per heavy atom. The Morgan fingerprint density at radius 2 is 0.438 bits per heavy atom. The summed E-state index contributed by atoms with van der Waals surface area (Å²) in [6.07, 6.45) is 69.7. The minimum Gasteiger partial charge on any atom is -0.462 e. The van der Waals surface area contributed by atoms with Crippen LogP contribution in [0.3, 0.4) is 0 Å². The Labute approximate surface area is 645 Å². The number of phosphoric ester groups is 2. The lowest BCUT2D eigenvalue weighted by molar-refractivity contribution is -0.161. The minimum absolute atomic E-state index is 0.106. The maximum atomic E-state index is 13.1. The van der Waals surface area contributed by atoms with Crippen LogP contribution >= 0.6 is 15.6 Å². The maximum Gasteiger partial charge on any atom is 0.472 e. The van der Waals surface area contributed by atoms with Gasteiger partial charge in [0.1, 0.15) is 19.3 Å². The lowest BCUT2D eigenvalue weighted by Crippen LogP contribution is -2.30. The van der Waals surface area contributed by atoms with Crippen molar-refractivity contribution in [2.45, 2.75) is 477 Å². The van der Waals surface area contributed by atoms with E-state index in [1.165, 1.54) is 276 Å². The van der Waals surface area contributed by atoms with Gasteiger partial charge in [-0.25, -0.2) is 9.13 Å². The molecule has 105 heavy (non-hydrogen) atoms. The van der Waals surface area contributed by atoms with E-state index in [1.54, 1.807) is 0 Å². The number of phosphoric acid groups is 2. The molecule has 0 aliphatic heterocycles. The van der Waals surface area contributed by atoms with Gasteiger partial charge in [-0.2, -0.15) is 0 Å². The van der Waals surface area contributed by atoms with Crippen LogP contribution in [0.15, 0.2) is 0 Å². The molecule has 0 amide bonds. The summed E-state index contributed by atoms with van der Waals surface area (Å²) in [5.41, 5.74) is 0. The highest BCUT2D eigenvalue weighted by Gasteiger charge is 2.30. The smallest absolute Gasteiger partial charge is 0.462 e. The van der Waals surface area contributed by atoms with E-state index < -0.39 is 97.5 Å². The Hall–Kier alpha value is -1.94. The Balaban J connectivity index is 5.19. The zero-order chi connectivity index (χ0) is 77.1. The molecule has 0 aliphatic rings. The molecule has 0 spiro atoms. The normalized spacial score (nSPS) is 13.8. The second-order valence-corrected chi connectivity index (χ2v) is 34.8. The highest BCUT2D eigenvalue weighted by atomic mass is 31.2. The summed E-state index contributed by atoms with van der Waals surface area (Å²) in [6.45, 7) is 9.66. The monoisotopic (exact) mass is 1540 g/mol. The fraction of sp³-hybridized carbons (Fsp3) is 0.953. The van der Waals surface area contributed by atoms with Crippen molar-refractivity contribution in [1.82, 2.24) is 0 Å². The first-order valence-corrected chi connectivity index (χ1v) is 47.5. The minimum atomic E-state index is -4.97. The molecule has 0 saturated carbocycles. The predicted octanol–water partition coefficient (Wildman–Crippen LogP) is 26.2. The third-order valence-electron chi connectivity index (χ3n) is 20.2. The van der Waals surface area contributed by atoms with Gasteiger partial charge in [0.05, 0.1) is 26.4 Å². The van der Waals surface area contributed by atoms with Crippen LogP contribution in [-0.4, -0.2) is 96.7 Å². The maximum absolute atomic E-state index is 13.1. The van der Waals surface area contributed by atoms with Crippen LogP contribution in [0.2, 0.25) is 0 Å². The molecule has 0 aliphatic carbocycles. The molecule has 0 aromatic rings. The van der Waals surface area contributed by atoms with Gasteiger partial charge in [-0.3, -0.25) is 37.3 Å². The first-order valence-electron chi connectivity index (χ1n) is 44.5. The molecule has 0 aromatic heterocycles. The third-order valence-corrected chi connectivity index (χ3v) is 22.1. The Bertz CT molecular complexity index is 2010. The molecule has 0 radical (unpaired) electrons. The zero-order valence-corrected chi connectivity index (χ0v) is 70.8. The summed E-state index contributed by atoms with van der Waals surface area (Å²) in [6, 6.07) is 0. The standard InChI is InChI=1S/C86H168O17P2/c1-7-9-11-13-15-17-19-20-21-22-23-24-25-26-31-34-37-40-46-52-58-64-70-85(90)102-81(75-97-84(89)69-63-57-51-45-39-36-33-30-28-27-29-32-35-38-42-48-54-60-66-78(3)4)76-100-104(92,93)98-72-80(87)73-99-105(94,95)101-77-82(74-96-83(88)68-62-56-50-44-18-16-14-12-10-8-2)103-86(91)71-65-59-53-47-41-43-49-55-61-67-79(5)6/h78-82,87H,7-77H2,1-6H3,(H,92,93)(H,94,95)/t80-,81-,82-/m1/s1. The lowest BCUT2D eigenvalue weighted by atomic mass is 10.0. The number of hydrogen-bond donors (Lipinski definition) is 3. The summed E-state index contributed by atoms with van der Waals surface area (Å²) >= 11 is 0. The van der Waals surface area contributed by atoms with E-state index in [9.17, 15) is 43.2 Å². The van der Waals surface area contributed by atoms with Crippen LogP contribution in [0.5, 0.6) is 0 Å². The number of hydrogen-bond acceptors (Lipinski definition) is 15. The van der Waals surface area contributed by atoms with E-state index in [-0.39, 0.29) is 25.7 Å². The van der Waals surface area contributed by atoms with Crippen LogP contribution < -0.4 is 0 Å². The number of aliphatic hydroxyl groups excluding tert-OH is 1. The summed E-state index contributed by atoms with van der Waals surface area (Å²) in [5.74, 6) is -0.545. The van der Waals surface area contributed by atoms with Crippen molar-refractivity contribution in [1.29, 1.82) is 0 Å². The molecular formula is C86H168O17P2. The van der Waals surface area contributed by atoms with Crippen molar-refractivity contribution >= 4 is 39.5 Å². The van der Waals surface area contributed by atoms with E-state index >= 15 is 0 Å². The topological polar surface area (TPSA) is 237 Å². The number of rotatable bonds is 85. The average Bonchev–Trinajstić information content (AvgIpc) is 0.904. The molecule has 19 heteroatoms. The van der Waals surface area contributed by atoms with Gasteiger partial charge in [-0.15, -0.1) is 0 Å². The molecule has 2 unspecified atom stereocenters. The van der Waals surface area contributed by atoms with Crippen LogP contribution in [0.1, 0.15) is 459 Å². The average molecular weight is 1540 g/mol. The summed E-state index contributed by atoms with van der Waals surface area (Å²) in [7, 11) is -9.92. The molecule has 3 N–H and O–H groups in total. The van der Waals surface area contributed by atoms with Crippen molar-refractivity contribution in [2.24, 2.45) is 11.8 Å². The van der Waals surface area contributed by atoms with E-state index in [1.807, 2.05) is 0 Å². The van der Waals surface area contributed by atoms with Gasteiger partial charge in [0.25, 0.3) is 0 Å². The fourth-order valence-electron chi connectivity index (χ4n) is 13.4. The highest BCUT2D eigenvalue weighted by Crippen LogP contribution is 2.45. The number of ether oxygens (including phenoxy) is 4. The number of unbranched alkanes of at least 4 members (excludes halogenated alkanes) is 55. The van der Waals surface area contributed by atoms with Crippen LogP contribution in [0, 0.1) is 11.8 Å². The second-order valence-electron chi connectivity index (χ2n) is 31.9. The molecule has 0 rings (SSSR count). The van der Waals surface area contributed by atoms with E-state index in [2.05, 4.69) is 41.5 Å². The number of esters is 4. The van der Waals surface area contributed by atoms with Crippen molar-refractivity contribution in [3.05, 3.63) is 0 Å². The summed E-state index contributed by atoms with van der Waals surface area (Å²) in [4.78, 5) is 73.1. The summed E-state index contributed by atoms with van der Waals surface area (Å²) in [5, 5.41) is 10.7. The quantitative estimate of drug-likeness (QED) is 0.0222. The molecule has 624 valence electrons. The Morgan fingerprint density at radius 3 is 0.648 bits per heavy atom. The van der Waals surface area contributed by atoms with Gasteiger partial charge in [0.2, 0.25) is 0 Å².